The van der Waals surface area contributed by atoms with E-state index in [9.17, 15) is 19.2 Å². The van der Waals surface area contributed by atoms with Crippen molar-refractivity contribution in [1.29, 1.82) is 0 Å². The molecule has 2 aromatic rings. The molecule has 0 aromatic heterocycles. The van der Waals surface area contributed by atoms with Crippen LogP contribution in [0.5, 0.6) is 0 Å². The summed E-state index contributed by atoms with van der Waals surface area (Å²) in [6, 6.07) is 10.9. The highest BCUT2D eigenvalue weighted by atomic mass is 16.5. The number of hydrogen-bond acceptors (Lipinski definition) is 8. The van der Waals surface area contributed by atoms with Crippen molar-refractivity contribution < 1.29 is 38.1 Å². The molecule has 0 radical (unpaired) electrons. The van der Waals surface area contributed by atoms with Crippen LogP contribution in [0.1, 0.15) is 429 Å². The molecule has 506 valence electrons. The third-order valence-corrected chi connectivity index (χ3v) is 18.2. The predicted octanol–water partition coefficient (Wildman–Crippen LogP) is 25.9. The van der Waals surface area contributed by atoms with Crippen molar-refractivity contribution in [3.8, 4) is 11.1 Å². The van der Waals surface area contributed by atoms with Gasteiger partial charge in [-0.05, 0) is 42.9 Å². The number of benzene rings is 2. The monoisotopic (exact) mass is 1230 g/mol. The summed E-state index contributed by atoms with van der Waals surface area (Å²) >= 11 is 0. The lowest BCUT2D eigenvalue weighted by Gasteiger charge is -2.20. The van der Waals surface area contributed by atoms with Crippen LogP contribution in [0, 0.1) is 0 Å². The molecular formula is C80H138O8. The minimum atomic E-state index is -0.833. The predicted molar refractivity (Wildman–Crippen MR) is 374 cm³/mol. The van der Waals surface area contributed by atoms with Gasteiger partial charge in [0.2, 0.25) is 0 Å². The third-order valence-electron chi connectivity index (χ3n) is 18.2. The molecule has 88 heavy (non-hydrogen) atoms. The molecule has 2 aromatic carbocycles. The molecule has 0 unspecified atom stereocenters. The van der Waals surface area contributed by atoms with Gasteiger partial charge in [-0.1, -0.05) is 392 Å². The van der Waals surface area contributed by atoms with E-state index >= 15 is 0 Å². The van der Waals surface area contributed by atoms with Crippen molar-refractivity contribution in [2.45, 2.75) is 387 Å². The summed E-state index contributed by atoms with van der Waals surface area (Å²) in [5.74, 6) is -3.11. The molecule has 0 heterocycles. The molecule has 8 heteroatoms. The molecule has 0 N–H and O–H groups in total. The molecule has 0 fully saturated rings. The summed E-state index contributed by atoms with van der Waals surface area (Å²) in [5, 5.41) is 0. The molecule has 2 rings (SSSR count). The van der Waals surface area contributed by atoms with Gasteiger partial charge in [0.15, 0.2) is 0 Å². The van der Waals surface area contributed by atoms with Crippen LogP contribution < -0.4 is 0 Å². The van der Waals surface area contributed by atoms with Gasteiger partial charge in [-0.15, -0.1) is 0 Å². The van der Waals surface area contributed by atoms with Gasteiger partial charge in [-0.3, -0.25) is 0 Å². The van der Waals surface area contributed by atoms with Gasteiger partial charge < -0.3 is 18.9 Å². The van der Waals surface area contributed by atoms with Crippen LogP contribution in [0.3, 0.4) is 0 Å². The highest BCUT2D eigenvalue weighted by molar-refractivity contribution is 6.18. The van der Waals surface area contributed by atoms with Gasteiger partial charge in [0.25, 0.3) is 0 Å². The Labute approximate surface area is 542 Å². The van der Waals surface area contributed by atoms with E-state index in [1.54, 1.807) is 6.07 Å². The zero-order chi connectivity index (χ0) is 63.3. The van der Waals surface area contributed by atoms with Crippen molar-refractivity contribution in [2.24, 2.45) is 0 Å². The number of unbranched alkanes of at least 4 members (excludes halogenated alkanes) is 52. The molecule has 0 aliphatic rings. The fourth-order valence-electron chi connectivity index (χ4n) is 12.5. The fraction of sp³-hybridized carbons (Fsp3) is 0.800. The Morgan fingerprint density at radius 3 is 0.693 bits per heavy atom. The first-order valence-electron chi connectivity index (χ1n) is 38.4. The largest absolute Gasteiger partial charge is 0.462 e. The van der Waals surface area contributed by atoms with Crippen molar-refractivity contribution >= 4 is 23.9 Å². The maximum Gasteiger partial charge on any atom is 0.339 e. The molecule has 0 aliphatic carbocycles. The van der Waals surface area contributed by atoms with Crippen molar-refractivity contribution in [2.75, 3.05) is 26.4 Å². The summed E-state index contributed by atoms with van der Waals surface area (Å²) in [6.45, 7) is 9.65. The fourth-order valence-corrected chi connectivity index (χ4v) is 12.5. The Morgan fingerprint density at radius 2 is 0.443 bits per heavy atom. The molecule has 8 nitrogen and oxygen atoms in total. The van der Waals surface area contributed by atoms with Gasteiger partial charge in [0, 0.05) is 0 Å². The van der Waals surface area contributed by atoms with E-state index in [2.05, 4.69) is 27.7 Å². The van der Waals surface area contributed by atoms with Crippen LogP contribution in [0.25, 0.3) is 11.1 Å². The Morgan fingerprint density at radius 1 is 0.239 bits per heavy atom. The first kappa shape index (κ1) is 80.4. The molecule has 0 atom stereocenters. The van der Waals surface area contributed by atoms with Crippen molar-refractivity contribution in [1.82, 2.24) is 0 Å². The van der Waals surface area contributed by atoms with Crippen molar-refractivity contribution in [3.05, 3.63) is 58.7 Å². The van der Waals surface area contributed by atoms with Crippen LogP contribution in [0.4, 0.5) is 0 Å². The Kier molecular flexibility index (Phi) is 55.6. The van der Waals surface area contributed by atoms with Crippen LogP contribution >= 0.6 is 0 Å². The van der Waals surface area contributed by atoms with Crippen LogP contribution in [-0.2, 0) is 18.9 Å². The first-order chi connectivity index (χ1) is 43.4. The van der Waals surface area contributed by atoms with Crippen LogP contribution in [0.2, 0.25) is 0 Å². The number of carbonyl (C=O) groups is 4. The quantitative estimate of drug-likeness (QED) is 0.0366. The third kappa shape index (κ3) is 43.2. The Bertz CT molecular complexity index is 1930. The highest BCUT2D eigenvalue weighted by Crippen LogP contribution is 2.35. The van der Waals surface area contributed by atoms with E-state index in [0.717, 1.165) is 77.0 Å². The van der Waals surface area contributed by atoms with Gasteiger partial charge in [0.1, 0.15) is 0 Å². The van der Waals surface area contributed by atoms with Gasteiger partial charge >= 0.3 is 23.9 Å². The molecular weight excluding hydrogens is 1090 g/mol. The average Bonchev–Trinajstić information content (AvgIpc) is 0.863. The Balaban J connectivity index is 2.30. The molecule has 0 spiro atoms. The van der Waals surface area contributed by atoms with E-state index in [-0.39, 0.29) is 48.7 Å². The molecule has 0 saturated heterocycles. The van der Waals surface area contributed by atoms with E-state index < -0.39 is 23.9 Å². The van der Waals surface area contributed by atoms with Gasteiger partial charge in [-0.2, -0.15) is 0 Å². The second-order valence-electron chi connectivity index (χ2n) is 26.4. The second-order valence-corrected chi connectivity index (χ2v) is 26.4. The van der Waals surface area contributed by atoms with E-state index in [4.69, 9.17) is 18.9 Å². The lowest BCUT2D eigenvalue weighted by atomic mass is 9.88. The van der Waals surface area contributed by atoms with Crippen LogP contribution in [0.15, 0.2) is 36.4 Å². The number of ether oxygens (including phenoxy) is 4. The maximum atomic E-state index is 14.9. The molecule has 0 aliphatic heterocycles. The normalized spacial score (nSPS) is 11.4. The topological polar surface area (TPSA) is 105 Å². The minimum Gasteiger partial charge on any atom is -0.462 e. The molecule has 0 saturated carbocycles. The number of hydrogen-bond donors (Lipinski definition) is 0. The maximum absolute atomic E-state index is 14.9. The SMILES string of the molecule is CCCCCCCCCCCCCCCCOC(=O)c1cc(-c2ccccc2)c(C(=O)OCCCCCCCCCCCCCCCC)c(C(=O)OCCCCCCCCCCCCCCCC)c1C(=O)OCCCCCCCCCCCCCCCC. The number of carbonyl (C=O) groups excluding carboxylic acids is 4. The highest BCUT2D eigenvalue weighted by Gasteiger charge is 2.36. The zero-order valence-corrected chi connectivity index (χ0v) is 58.2. The summed E-state index contributed by atoms with van der Waals surface area (Å²) in [7, 11) is 0. The lowest BCUT2D eigenvalue weighted by molar-refractivity contribution is 0.0415. The summed E-state index contributed by atoms with van der Waals surface area (Å²) < 4.78 is 24.2. The van der Waals surface area contributed by atoms with E-state index in [1.807, 2.05) is 30.3 Å². The lowest BCUT2D eigenvalue weighted by Crippen LogP contribution is -2.25. The van der Waals surface area contributed by atoms with Gasteiger partial charge in [-0.25, -0.2) is 19.2 Å². The van der Waals surface area contributed by atoms with Crippen LogP contribution in [-0.4, -0.2) is 50.3 Å². The van der Waals surface area contributed by atoms with E-state index in [1.165, 1.54) is 257 Å². The average molecular weight is 1230 g/mol. The zero-order valence-electron chi connectivity index (χ0n) is 58.2. The minimum absolute atomic E-state index is 0.0745. The summed E-state index contributed by atoms with van der Waals surface area (Å²) in [6.07, 6.45) is 67.7. The molecule has 0 bridgehead atoms. The van der Waals surface area contributed by atoms with E-state index in [0.29, 0.717) is 36.8 Å². The summed E-state index contributed by atoms with van der Waals surface area (Å²) in [5.41, 5.74) is 0.214. The second kappa shape index (κ2) is 60.9. The number of rotatable bonds is 65. The number of esters is 4. The van der Waals surface area contributed by atoms with Crippen molar-refractivity contribution in [3.63, 3.8) is 0 Å². The molecule has 0 amide bonds. The Hall–Kier alpha value is -3.68. The standard InChI is InChI=1S/C80H138O8/c1-5-9-13-17-21-25-29-33-37-41-45-49-53-60-66-85-77(81)73-70-72(71-64-58-57-59-65-71)74(78(82)86-67-61-54-50-46-42-38-34-30-26-22-18-14-10-6-2)76(80(84)88-69-63-56-52-48-44-40-36-32-28-24-20-16-12-8-4)75(73)79(83)87-68-62-55-51-47-43-39-35-31-27-23-19-15-11-7-3/h57-59,64-65,70H,5-56,60-63,66-69H2,1-4H3. The summed E-state index contributed by atoms with van der Waals surface area (Å²) in [4.78, 5) is 59.1. The van der Waals surface area contributed by atoms with Gasteiger partial charge in [0.05, 0.1) is 48.7 Å². The first-order valence-corrected chi connectivity index (χ1v) is 38.4. The smallest absolute Gasteiger partial charge is 0.339 e.